The third kappa shape index (κ3) is 15.4. The van der Waals surface area contributed by atoms with E-state index in [4.69, 9.17) is 0 Å². The van der Waals surface area contributed by atoms with Crippen molar-refractivity contribution >= 4 is 52.5 Å². The van der Waals surface area contributed by atoms with Crippen molar-refractivity contribution in [1.82, 2.24) is 35.7 Å². The topological polar surface area (TPSA) is 184 Å². The molecule has 396 valence electrons. The molecule has 6 heterocycles. The van der Waals surface area contributed by atoms with Crippen LogP contribution in [0.25, 0.3) is 0 Å². The number of nitrogens with one attached hydrogen (secondary N) is 5. The number of nitrogens with zero attached hydrogens (tertiary/aromatic N) is 6. The van der Waals surface area contributed by atoms with Gasteiger partial charge in [-0.2, -0.15) is 0 Å². The van der Waals surface area contributed by atoms with Crippen LogP contribution in [-0.4, -0.2) is 120 Å². The fourth-order valence-corrected chi connectivity index (χ4v) is 11.4. The number of piperazine rings is 1. The molecule has 5 amide bonds. The quantitative estimate of drug-likeness (QED) is 0.0387. The van der Waals surface area contributed by atoms with Gasteiger partial charge in [0.25, 0.3) is 5.91 Å². The van der Waals surface area contributed by atoms with Gasteiger partial charge in [0.1, 0.15) is 24.0 Å². The molecule has 3 aromatic rings. The summed E-state index contributed by atoms with van der Waals surface area (Å²) in [6.45, 7) is 13.4. The Kier molecular flexibility index (Phi) is 19.0. The monoisotopic (exact) mass is 1000 g/mol. The lowest BCUT2D eigenvalue weighted by Crippen LogP contribution is -2.66. The Hall–Kier alpha value is -5.77. The minimum atomic E-state index is -0.598. The van der Waals surface area contributed by atoms with Gasteiger partial charge in [0, 0.05) is 93.8 Å². The van der Waals surface area contributed by atoms with Crippen molar-refractivity contribution in [2.24, 2.45) is 5.41 Å². The van der Waals surface area contributed by atoms with Crippen molar-refractivity contribution in [2.45, 2.75) is 167 Å². The molecule has 5 aliphatic rings. The molecule has 16 nitrogen and oxygen atoms in total. The van der Waals surface area contributed by atoms with Gasteiger partial charge in [-0.15, -0.1) is 0 Å². The fraction of sp³-hybridized carbons (Fsp3) is 0.632. The van der Waals surface area contributed by atoms with E-state index in [2.05, 4.69) is 89.4 Å². The molecule has 5 N–H and O–H groups in total. The average Bonchev–Trinajstić information content (AvgIpc) is 3.72. The lowest BCUT2D eigenvalue weighted by Gasteiger charge is -2.48. The Morgan fingerprint density at radius 2 is 1.40 bits per heavy atom. The SMILES string of the molecule is CC1(C)CCN(Cc2ccc(N3CC(=O)NC4(CCN(c5cc(NCCCNC(=O)CCCCCCCCCCCCCCNc6cccc7c6CN(C6CCC(=O)NC6=O)C7=O)ncn5)CC4)C3)cc2)CC1. The summed E-state index contributed by atoms with van der Waals surface area (Å²) in [5.74, 6) is 1.08. The number of aromatic nitrogens is 2. The Morgan fingerprint density at radius 3 is 2.11 bits per heavy atom. The number of anilines is 4. The zero-order valence-corrected chi connectivity index (χ0v) is 43.9. The van der Waals surface area contributed by atoms with Crippen molar-refractivity contribution in [1.29, 1.82) is 0 Å². The number of fused-ring (bicyclic) bond motifs is 1. The molecule has 0 saturated carbocycles. The molecule has 4 fully saturated rings. The van der Waals surface area contributed by atoms with Gasteiger partial charge in [0.05, 0.1) is 12.1 Å². The predicted octanol–water partition coefficient (Wildman–Crippen LogP) is 7.94. The summed E-state index contributed by atoms with van der Waals surface area (Å²) in [5, 5.41) is 15.8. The van der Waals surface area contributed by atoms with E-state index in [-0.39, 0.29) is 41.5 Å². The standard InChI is InChI=1S/C57H83N11O5/c1-56(2)26-33-65(34-27-56)38-43-20-22-44(23-21-43)67-40-53(71)64-57(41-67)28-35-66(36-29-57)50-37-49(61-42-62-50)59-31-16-32-60-51(69)19-13-11-9-7-5-3-4-6-8-10-12-14-30-58-47-18-15-17-45-46(47)39-68(55(45)73)48-24-25-52(70)63-54(48)72/h15,17-18,20-23,37,42,48,58H,3-14,16,19,24-36,38-41H2,1-2H3,(H,60,69)(H,64,71)(H,59,61,62)(H,63,70,72). The Bertz CT molecular complexity index is 2320. The molecule has 1 unspecified atom stereocenters. The van der Waals surface area contributed by atoms with Crippen LogP contribution in [0.5, 0.6) is 0 Å². The normalized spacial score (nSPS) is 19.7. The number of amides is 5. The van der Waals surface area contributed by atoms with Crippen LogP contribution in [0.3, 0.4) is 0 Å². The summed E-state index contributed by atoms with van der Waals surface area (Å²) < 4.78 is 0. The van der Waals surface area contributed by atoms with Crippen LogP contribution in [0.4, 0.5) is 23.0 Å². The van der Waals surface area contributed by atoms with Crippen LogP contribution < -0.4 is 36.4 Å². The van der Waals surface area contributed by atoms with E-state index in [1.807, 2.05) is 24.3 Å². The van der Waals surface area contributed by atoms with Gasteiger partial charge in [0.15, 0.2) is 0 Å². The predicted molar refractivity (Wildman–Crippen MR) is 288 cm³/mol. The summed E-state index contributed by atoms with van der Waals surface area (Å²) in [6, 6.07) is 16.0. The molecule has 4 saturated heterocycles. The molecule has 1 spiro atoms. The van der Waals surface area contributed by atoms with E-state index in [0.29, 0.717) is 50.0 Å². The maximum absolute atomic E-state index is 13.1. The van der Waals surface area contributed by atoms with Crippen LogP contribution in [0, 0.1) is 5.41 Å². The van der Waals surface area contributed by atoms with E-state index < -0.39 is 6.04 Å². The summed E-state index contributed by atoms with van der Waals surface area (Å²) in [4.78, 5) is 80.4. The number of imide groups is 1. The number of hydrogen-bond donors (Lipinski definition) is 5. The van der Waals surface area contributed by atoms with Gasteiger partial charge in [-0.1, -0.05) is 96.3 Å². The number of piperidine rings is 3. The average molecular weight is 1000 g/mol. The van der Waals surface area contributed by atoms with Crippen LogP contribution in [0.1, 0.15) is 164 Å². The van der Waals surface area contributed by atoms with Crippen LogP contribution in [0.15, 0.2) is 54.9 Å². The molecule has 0 radical (unpaired) electrons. The second-order valence-electron chi connectivity index (χ2n) is 22.3. The maximum atomic E-state index is 13.1. The van der Waals surface area contributed by atoms with E-state index in [1.165, 1.54) is 69.8 Å². The van der Waals surface area contributed by atoms with Crippen LogP contribution in [-0.2, 0) is 32.3 Å². The Morgan fingerprint density at radius 1 is 0.712 bits per heavy atom. The van der Waals surface area contributed by atoms with Gasteiger partial charge in [-0.05, 0) is 99.7 Å². The second kappa shape index (κ2) is 25.9. The number of benzene rings is 2. The highest BCUT2D eigenvalue weighted by molar-refractivity contribution is 6.06. The zero-order chi connectivity index (χ0) is 51.0. The second-order valence-corrected chi connectivity index (χ2v) is 22.3. The first-order chi connectivity index (χ1) is 35.4. The Balaban J connectivity index is 0.606. The van der Waals surface area contributed by atoms with E-state index in [9.17, 15) is 24.0 Å². The third-order valence-electron chi connectivity index (χ3n) is 16.1. The highest BCUT2D eigenvalue weighted by atomic mass is 16.2. The van der Waals surface area contributed by atoms with Crippen molar-refractivity contribution in [2.75, 3.05) is 79.3 Å². The lowest BCUT2D eigenvalue weighted by atomic mass is 9.82. The van der Waals surface area contributed by atoms with Crippen molar-refractivity contribution in [3.63, 3.8) is 0 Å². The van der Waals surface area contributed by atoms with E-state index in [1.54, 1.807) is 11.2 Å². The van der Waals surface area contributed by atoms with Crippen molar-refractivity contribution < 1.29 is 24.0 Å². The molecule has 0 aliphatic carbocycles. The number of likely N-dealkylation sites (tertiary alicyclic amines) is 1. The summed E-state index contributed by atoms with van der Waals surface area (Å²) >= 11 is 0. The first kappa shape index (κ1) is 53.5. The third-order valence-corrected chi connectivity index (χ3v) is 16.1. The van der Waals surface area contributed by atoms with Gasteiger partial charge in [-0.3, -0.25) is 34.2 Å². The van der Waals surface area contributed by atoms with E-state index >= 15 is 0 Å². The molecule has 8 rings (SSSR count). The largest absolute Gasteiger partial charge is 0.385 e. The van der Waals surface area contributed by atoms with Crippen LogP contribution >= 0.6 is 0 Å². The molecule has 16 heteroatoms. The van der Waals surface area contributed by atoms with Crippen LogP contribution in [0.2, 0.25) is 0 Å². The van der Waals surface area contributed by atoms with Gasteiger partial charge in [0.2, 0.25) is 23.6 Å². The number of carbonyl (C=O) groups excluding carboxylic acids is 5. The molecular formula is C57H83N11O5. The molecule has 2 aromatic carbocycles. The minimum Gasteiger partial charge on any atom is -0.385 e. The first-order valence-corrected chi connectivity index (χ1v) is 27.9. The number of rotatable bonds is 26. The smallest absolute Gasteiger partial charge is 0.255 e. The lowest BCUT2D eigenvalue weighted by molar-refractivity contribution is -0.137. The molecule has 1 atom stereocenters. The molecular weight excluding hydrogens is 919 g/mol. The van der Waals surface area contributed by atoms with Gasteiger partial charge >= 0.3 is 0 Å². The van der Waals surface area contributed by atoms with Gasteiger partial charge in [-0.25, -0.2) is 9.97 Å². The number of carbonyl (C=O) groups is 5. The summed E-state index contributed by atoms with van der Waals surface area (Å²) in [5.41, 5.74) is 5.17. The molecule has 0 bridgehead atoms. The van der Waals surface area contributed by atoms with E-state index in [0.717, 1.165) is 119 Å². The molecule has 1 aromatic heterocycles. The number of unbranched alkanes of at least 4 members (excludes halogenated alkanes) is 11. The van der Waals surface area contributed by atoms with Crippen molar-refractivity contribution in [3.05, 3.63) is 71.5 Å². The highest BCUT2D eigenvalue weighted by Gasteiger charge is 2.42. The maximum Gasteiger partial charge on any atom is 0.255 e. The fourth-order valence-electron chi connectivity index (χ4n) is 11.4. The summed E-state index contributed by atoms with van der Waals surface area (Å²) in [7, 11) is 0. The first-order valence-electron chi connectivity index (χ1n) is 27.9. The minimum absolute atomic E-state index is 0.0875. The van der Waals surface area contributed by atoms with Gasteiger partial charge < -0.3 is 36.0 Å². The Labute approximate surface area is 434 Å². The summed E-state index contributed by atoms with van der Waals surface area (Å²) in [6.07, 6.45) is 22.0. The molecule has 73 heavy (non-hydrogen) atoms. The molecule has 5 aliphatic heterocycles. The zero-order valence-electron chi connectivity index (χ0n) is 43.9. The van der Waals surface area contributed by atoms with Crippen molar-refractivity contribution in [3.8, 4) is 0 Å². The number of hydrogen-bond acceptors (Lipinski definition) is 12. The highest BCUT2D eigenvalue weighted by Crippen LogP contribution is 2.34.